The quantitative estimate of drug-likeness (QED) is 0.621. The van der Waals surface area contributed by atoms with Crippen molar-refractivity contribution in [1.29, 1.82) is 0 Å². The molecule has 0 spiro atoms. The third kappa shape index (κ3) is 1.50. The van der Waals surface area contributed by atoms with Gasteiger partial charge in [0.25, 0.3) is 0 Å². The fourth-order valence-electron chi connectivity index (χ4n) is 2.92. The Labute approximate surface area is 121 Å². The number of nitrogens with zero attached hydrogens (tertiary/aromatic N) is 2. The Morgan fingerprint density at radius 3 is 2.81 bits per heavy atom. The smallest absolute Gasteiger partial charge is 0.211 e. The van der Waals surface area contributed by atoms with Crippen LogP contribution in [0.1, 0.15) is 19.6 Å². The Bertz CT molecular complexity index is 908. The van der Waals surface area contributed by atoms with Crippen molar-refractivity contribution in [2.24, 2.45) is 10.8 Å². The minimum atomic E-state index is -1.42. The third-order valence-corrected chi connectivity index (χ3v) is 4.08. The molecule has 1 aliphatic rings. The van der Waals surface area contributed by atoms with Crippen molar-refractivity contribution < 1.29 is 9.52 Å². The Balaban J connectivity index is 2.20. The van der Waals surface area contributed by atoms with E-state index in [1.165, 1.54) is 5.01 Å². The minimum absolute atomic E-state index is 0.377. The van der Waals surface area contributed by atoms with Crippen LogP contribution in [0, 0.1) is 0 Å². The summed E-state index contributed by atoms with van der Waals surface area (Å²) in [5.74, 6) is 6.82. The van der Waals surface area contributed by atoms with E-state index >= 15 is 0 Å². The highest BCUT2D eigenvalue weighted by molar-refractivity contribution is 6.13. The molecule has 1 unspecified atom stereocenters. The van der Waals surface area contributed by atoms with Crippen LogP contribution < -0.4 is 5.84 Å². The lowest BCUT2D eigenvalue weighted by atomic mass is 10.0. The van der Waals surface area contributed by atoms with Gasteiger partial charge < -0.3 is 9.52 Å². The fraction of sp³-hybridized carbons (Fsp3) is 0.188. The van der Waals surface area contributed by atoms with Crippen molar-refractivity contribution in [3.05, 3.63) is 42.2 Å². The van der Waals surface area contributed by atoms with Crippen molar-refractivity contribution in [2.75, 3.05) is 0 Å². The maximum atomic E-state index is 10.7. The molecule has 2 heterocycles. The molecular formula is C16H15N3O2. The van der Waals surface area contributed by atoms with Gasteiger partial charge >= 0.3 is 0 Å². The predicted octanol–water partition coefficient (Wildman–Crippen LogP) is 2.99. The number of hydrazine groups is 1. The van der Waals surface area contributed by atoms with Gasteiger partial charge in [-0.25, -0.2) is 10.8 Å². The van der Waals surface area contributed by atoms with Gasteiger partial charge in [-0.05, 0) is 30.7 Å². The largest absolute Gasteiger partial charge is 0.453 e. The highest BCUT2D eigenvalue weighted by Crippen LogP contribution is 2.45. The van der Waals surface area contributed by atoms with E-state index in [-0.39, 0.29) is 0 Å². The van der Waals surface area contributed by atoms with Gasteiger partial charge in [0.05, 0.1) is 5.39 Å². The minimum Gasteiger partial charge on any atom is -0.453 e. The number of aliphatic imine (C=N–C) groups is 1. The Morgan fingerprint density at radius 2 is 2.00 bits per heavy atom. The van der Waals surface area contributed by atoms with Gasteiger partial charge in [-0.2, -0.15) is 0 Å². The molecule has 0 amide bonds. The van der Waals surface area contributed by atoms with Gasteiger partial charge in [0, 0.05) is 0 Å². The van der Waals surface area contributed by atoms with E-state index in [0.29, 0.717) is 22.9 Å². The summed E-state index contributed by atoms with van der Waals surface area (Å²) in [7, 11) is 0. The average Bonchev–Trinajstić information content (AvgIpc) is 2.85. The molecule has 3 aromatic rings. The molecule has 5 heteroatoms. The van der Waals surface area contributed by atoms with Crippen molar-refractivity contribution in [2.45, 2.75) is 19.6 Å². The molecule has 1 aliphatic heterocycles. The van der Waals surface area contributed by atoms with E-state index in [9.17, 15) is 5.11 Å². The number of rotatable bonds is 0. The van der Waals surface area contributed by atoms with Crippen molar-refractivity contribution in [3.8, 4) is 0 Å². The van der Waals surface area contributed by atoms with Crippen LogP contribution >= 0.6 is 0 Å². The van der Waals surface area contributed by atoms with Gasteiger partial charge in [-0.1, -0.05) is 30.3 Å². The Kier molecular flexibility index (Phi) is 2.26. The molecule has 0 radical (unpaired) electrons. The van der Waals surface area contributed by atoms with Crippen molar-refractivity contribution in [3.63, 3.8) is 0 Å². The molecule has 5 nitrogen and oxygen atoms in total. The molecule has 21 heavy (non-hydrogen) atoms. The van der Waals surface area contributed by atoms with Gasteiger partial charge in [0.15, 0.2) is 5.76 Å². The van der Waals surface area contributed by atoms with E-state index < -0.39 is 5.72 Å². The Hall–Kier alpha value is -2.37. The first-order valence-corrected chi connectivity index (χ1v) is 6.77. The van der Waals surface area contributed by atoms with Crippen molar-refractivity contribution >= 4 is 33.3 Å². The first kappa shape index (κ1) is 12.4. The fourth-order valence-corrected chi connectivity index (χ4v) is 2.92. The van der Waals surface area contributed by atoms with Crippen LogP contribution in [0.5, 0.6) is 0 Å². The van der Waals surface area contributed by atoms with Crippen LogP contribution in [-0.2, 0) is 5.72 Å². The molecule has 4 rings (SSSR count). The van der Waals surface area contributed by atoms with E-state index in [1.807, 2.05) is 36.4 Å². The molecule has 0 saturated heterocycles. The zero-order valence-corrected chi connectivity index (χ0v) is 11.8. The molecular weight excluding hydrogens is 266 g/mol. The molecule has 1 atom stereocenters. The Morgan fingerprint density at radius 1 is 1.24 bits per heavy atom. The normalized spacial score (nSPS) is 21.7. The molecule has 0 bridgehead atoms. The van der Waals surface area contributed by atoms with Crippen LogP contribution in [0.2, 0.25) is 0 Å². The lowest BCUT2D eigenvalue weighted by molar-refractivity contribution is -0.0783. The van der Waals surface area contributed by atoms with Crippen LogP contribution in [0.25, 0.3) is 21.7 Å². The van der Waals surface area contributed by atoms with E-state index in [1.54, 1.807) is 13.8 Å². The lowest BCUT2D eigenvalue weighted by Crippen LogP contribution is -2.52. The topological polar surface area (TPSA) is 75.0 Å². The average molecular weight is 281 g/mol. The number of benzene rings is 2. The highest BCUT2D eigenvalue weighted by Gasteiger charge is 2.41. The first-order valence-electron chi connectivity index (χ1n) is 6.77. The molecule has 1 aromatic heterocycles. The van der Waals surface area contributed by atoms with Crippen LogP contribution in [0.4, 0.5) is 5.69 Å². The van der Waals surface area contributed by atoms with Gasteiger partial charge in [-0.3, -0.25) is 5.01 Å². The number of hydrogen-bond donors (Lipinski definition) is 2. The maximum absolute atomic E-state index is 10.7. The maximum Gasteiger partial charge on any atom is 0.211 e. The lowest BCUT2D eigenvalue weighted by Gasteiger charge is -2.35. The zero-order chi connectivity index (χ0) is 14.8. The van der Waals surface area contributed by atoms with Crippen molar-refractivity contribution in [1.82, 2.24) is 5.01 Å². The molecule has 0 aliphatic carbocycles. The van der Waals surface area contributed by atoms with Crippen LogP contribution in [0.3, 0.4) is 0 Å². The third-order valence-electron chi connectivity index (χ3n) is 4.08. The summed E-state index contributed by atoms with van der Waals surface area (Å²) >= 11 is 0. The number of aliphatic hydroxyl groups is 1. The molecule has 0 saturated carbocycles. The van der Waals surface area contributed by atoms with Gasteiger partial charge in [0.2, 0.25) is 5.72 Å². The number of fused-ring (bicyclic) bond motifs is 5. The zero-order valence-electron chi connectivity index (χ0n) is 11.8. The van der Waals surface area contributed by atoms with Crippen LogP contribution in [-0.4, -0.2) is 16.0 Å². The summed E-state index contributed by atoms with van der Waals surface area (Å²) in [5, 5.41) is 15.0. The molecule has 106 valence electrons. The predicted molar refractivity (Wildman–Crippen MR) is 82.1 cm³/mol. The molecule has 0 fully saturated rings. The van der Waals surface area contributed by atoms with Crippen LogP contribution in [0.15, 0.2) is 45.8 Å². The standard InChI is InChI=1S/C16H15N3O2/c1-9-18-14-13-11-6-4-3-5-10(11)7-8-12(13)21-15(14)16(2,20)19(9)17/h3-8,20H,17H2,1-2H3. The second-order valence-corrected chi connectivity index (χ2v) is 5.49. The number of hydrogen-bond acceptors (Lipinski definition) is 5. The summed E-state index contributed by atoms with van der Waals surface area (Å²) in [4.78, 5) is 4.52. The second kappa shape index (κ2) is 3.84. The van der Waals surface area contributed by atoms with E-state index in [0.717, 1.165) is 16.2 Å². The monoisotopic (exact) mass is 281 g/mol. The van der Waals surface area contributed by atoms with E-state index in [2.05, 4.69) is 4.99 Å². The summed E-state index contributed by atoms with van der Waals surface area (Å²) in [5.41, 5.74) is -0.0572. The summed E-state index contributed by atoms with van der Waals surface area (Å²) in [6.45, 7) is 3.37. The number of nitrogens with two attached hydrogens (primary N) is 1. The number of furan rings is 1. The van der Waals surface area contributed by atoms with Gasteiger partial charge in [-0.15, -0.1) is 0 Å². The summed E-state index contributed by atoms with van der Waals surface area (Å²) in [6.07, 6.45) is 0. The SMILES string of the molecule is CC1=Nc2c(oc3ccc4ccccc4c23)C(C)(O)N1N. The second-order valence-electron chi connectivity index (χ2n) is 5.49. The summed E-state index contributed by atoms with van der Waals surface area (Å²) < 4.78 is 5.85. The molecule has 2 aromatic carbocycles. The molecule has 3 N–H and O–H groups in total. The number of amidine groups is 1. The summed E-state index contributed by atoms with van der Waals surface area (Å²) in [6, 6.07) is 11.9. The first-order chi connectivity index (χ1) is 10.00. The highest BCUT2D eigenvalue weighted by atomic mass is 16.4. The van der Waals surface area contributed by atoms with E-state index in [4.69, 9.17) is 10.3 Å². The van der Waals surface area contributed by atoms with Gasteiger partial charge in [0.1, 0.15) is 17.1 Å².